The normalized spacial score (nSPS) is 11.7. The molecule has 2 aromatic rings. The van der Waals surface area contributed by atoms with Crippen molar-refractivity contribution in [2.24, 2.45) is 0 Å². The Morgan fingerprint density at radius 3 is 2.79 bits per heavy atom. The maximum atomic E-state index is 11.3. The van der Waals surface area contributed by atoms with E-state index >= 15 is 0 Å². The smallest absolute Gasteiger partial charge is 0.331 e. The fourth-order valence-corrected chi connectivity index (χ4v) is 2.25. The number of nitrogens with zero attached hydrogens (tertiary/aromatic N) is 6. The van der Waals surface area contributed by atoms with Gasteiger partial charge in [-0.3, -0.25) is 0 Å². The van der Waals surface area contributed by atoms with Gasteiger partial charge in [-0.25, -0.2) is 9.48 Å². The third-order valence-electron chi connectivity index (χ3n) is 2.77. The minimum atomic E-state index is -1.23. The summed E-state index contributed by atoms with van der Waals surface area (Å²) in [7, 11) is 0. The Kier molecular flexibility index (Phi) is 3.56. The van der Waals surface area contributed by atoms with Crippen LogP contribution in [0.2, 0.25) is 0 Å². The van der Waals surface area contributed by atoms with Gasteiger partial charge in [-0.2, -0.15) is 0 Å². The standard InChI is InChI=1S/C10H14N6O2S/c1-4-5-6-7(19-15-11-6)8-12-13-14-16(8)10(2,3)9(17)18/h4-5H2,1-3H3,(H,17,18). The molecule has 0 radical (unpaired) electrons. The Morgan fingerprint density at radius 2 is 2.16 bits per heavy atom. The van der Waals surface area contributed by atoms with E-state index in [4.69, 9.17) is 0 Å². The van der Waals surface area contributed by atoms with Crippen LogP contribution in [0.5, 0.6) is 0 Å². The first kappa shape index (κ1) is 13.5. The van der Waals surface area contributed by atoms with Crippen LogP contribution in [0.25, 0.3) is 10.7 Å². The molecule has 0 atom stereocenters. The maximum Gasteiger partial charge on any atom is 0.331 e. The molecule has 0 amide bonds. The number of hydrogen-bond acceptors (Lipinski definition) is 7. The lowest BCUT2D eigenvalue weighted by molar-refractivity contribution is -0.146. The Morgan fingerprint density at radius 1 is 1.42 bits per heavy atom. The zero-order chi connectivity index (χ0) is 14.0. The number of rotatable bonds is 5. The van der Waals surface area contributed by atoms with Crippen LogP contribution in [0.3, 0.4) is 0 Å². The fourth-order valence-electron chi connectivity index (χ4n) is 1.57. The van der Waals surface area contributed by atoms with Crippen LogP contribution in [0, 0.1) is 0 Å². The zero-order valence-corrected chi connectivity index (χ0v) is 11.7. The van der Waals surface area contributed by atoms with Crippen LogP contribution in [0.4, 0.5) is 0 Å². The average Bonchev–Trinajstić information content (AvgIpc) is 2.96. The number of aromatic nitrogens is 6. The van der Waals surface area contributed by atoms with Crippen molar-refractivity contribution in [3.05, 3.63) is 5.69 Å². The summed E-state index contributed by atoms with van der Waals surface area (Å²) < 4.78 is 5.20. The van der Waals surface area contributed by atoms with Gasteiger partial charge >= 0.3 is 5.97 Å². The van der Waals surface area contributed by atoms with Crippen LogP contribution < -0.4 is 0 Å². The number of carboxylic acids is 1. The van der Waals surface area contributed by atoms with Gasteiger partial charge in [-0.15, -0.1) is 10.2 Å². The summed E-state index contributed by atoms with van der Waals surface area (Å²) in [4.78, 5) is 12.0. The molecular formula is C10H14N6O2S. The lowest BCUT2D eigenvalue weighted by Gasteiger charge is -2.19. The molecule has 2 rings (SSSR count). The summed E-state index contributed by atoms with van der Waals surface area (Å²) in [6.45, 7) is 5.12. The van der Waals surface area contributed by atoms with Crippen LogP contribution in [-0.4, -0.2) is 40.9 Å². The van der Waals surface area contributed by atoms with Gasteiger partial charge in [0.2, 0.25) is 0 Å². The molecule has 0 saturated heterocycles. The topological polar surface area (TPSA) is 107 Å². The number of tetrazole rings is 1. The molecule has 8 nitrogen and oxygen atoms in total. The van der Waals surface area contributed by atoms with Gasteiger partial charge in [0.25, 0.3) is 0 Å². The second-order valence-electron chi connectivity index (χ2n) is 4.58. The van der Waals surface area contributed by atoms with Gasteiger partial charge in [0.15, 0.2) is 11.4 Å². The van der Waals surface area contributed by atoms with Gasteiger partial charge in [-0.05, 0) is 42.2 Å². The fraction of sp³-hybridized carbons (Fsp3) is 0.600. The van der Waals surface area contributed by atoms with Crippen LogP contribution >= 0.6 is 11.5 Å². The predicted molar refractivity (Wildman–Crippen MR) is 67.7 cm³/mol. The molecule has 0 bridgehead atoms. The molecule has 0 saturated carbocycles. The maximum absolute atomic E-state index is 11.3. The molecule has 19 heavy (non-hydrogen) atoms. The van der Waals surface area contributed by atoms with Crippen molar-refractivity contribution in [1.82, 2.24) is 29.8 Å². The summed E-state index contributed by atoms with van der Waals surface area (Å²) in [6, 6.07) is 0. The molecule has 0 fully saturated rings. The largest absolute Gasteiger partial charge is 0.479 e. The van der Waals surface area contributed by atoms with E-state index in [0.717, 1.165) is 23.4 Å². The molecule has 0 aliphatic carbocycles. The van der Waals surface area contributed by atoms with Crippen molar-refractivity contribution in [3.8, 4) is 10.7 Å². The highest BCUT2D eigenvalue weighted by Crippen LogP contribution is 2.28. The number of carboxylic acid groups (broad SMARTS) is 1. The van der Waals surface area contributed by atoms with Gasteiger partial charge in [0.05, 0.1) is 5.69 Å². The summed E-state index contributed by atoms with van der Waals surface area (Å²) in [5.41, 5.74) is -0.434. The molecule has 2 aromatic heterocycles. The SMILES string of the molecule is CCCc1nnsc1-c1nnnn1C(C)(C)C(=O)O. The van der Waals surface area contributed by atoms with E-state index in [-0.39, 0.29) is 0 Å². The van der Waals surface area contributed by atoms with E-state index < -0.39 is 11.5 Å². The summed E-state index contributed by atoms with van der Waals surface area (Å²) in [5, 5.41) is 24.6. The van der Waals surface area contributed by atoms with E-state index in [1.54, 1.807) is 13.8 Å². The van der Waals surface area contributed by atoms with Crippen molar-refractivity contribution in [1.29, 1.82) is 0 Å². The highest BCUT2D eigenvalue weighted by molar-refractivity contribution is 7.09. The number of hydrogen-bond donors (Lipinski definition) is 1. The minimum absolute atomic E-state index is 0.394. The lowest BCUT2D eigenvalue weighted by atomic mass is 10.1. The Bertz CT molecular complexity index is 590. The van der Waals surface area contributed by atoms with Gasteiger partial charge < -0.3 is 5.11 Å². The average molecular weight is 282 g/mol. The number of aliphatic carboxylic acids is 1. The molecule has 0 unspecified atom stereocenters. The van der Waals surface area contributed by atoms with Gasteiger partial charge in [-0.1, -0.05) is 17.8 Å². The summed E-state index contributed by atoms with van der Waals surface area (Å²) in [5.74, 6) is -0.610. The molecular weight excluding hydrogens is 268 g/mol. The number of aryl methyl sites for hydroxylation is 1. The molecule has 0 spiro atoms. The van der Waals surface area contributed by atoms with E-state index in [1.807, 2.05) is 6.92 Å². The van der Waals surface area contributed by atoms with E-state index in [2.05, 4.69) is 25.1 Å². The quantitative estimate of drug-likeness (QED) is 0.870. The lowest BCUT2D eigenvalue weighted by Crippen LogP contribution is -2.37. The molecule has 0 aliphatic rings. The van der Waals surface area contributed by atoms with Crippen molar-refractivity contribution in [3.63, 3.8) is 0 Å². The summed E-state index contributed by atoms with van der Waals surface area (Å²) >= 11 is 1.17. The minimum Gasteiger partial charge on any atom is -0.479 e. The predicted octanol–water partition coefficient (Wildman–Crippen LogP) is 0.964. The monoisotopic (exact) mass is 282 g/mol. The molecule has 102 valence electrons. The summed E-state index contributed by atoms with van der Waals surface area (Å²) in [6.07, 6.45) is 1.68. The van der Waals surface area contributed by atoms with E-state index in [0.29, 0.717) is 5.82 Å². The van der Waals surface area contributed by atoms with Crippen molar-refractivity contribution >= 4 is 17.5 Å². The molecule has 2 heterocycles. The highest BCUT2D eigenvalue weighted by atomic mass is 32.1. The third-order valence-corrected chi connectivity index (χ3v) is 3.53. The Labute approximate surface area is 113 Å². The first-order chi connectivity index (χ1) is 8.98. The van der Waals surface area contributed by atoms with Gasteiger partial charge in [0, 0.05) is 0 Å². The second-order valence-corrected chi connectivity index (χ2v) is 5.33. The molecule has 9 heteroatoms. The third kappa shape index (κ3) is 2.33. The van der Waals surface area contributed by atoms with Crippen LogP contribution in [-0.2, 0) is 16.8 Å². The van der Waals surface area contributed by atoms with Gasteiger partial charge in [0.1, 0.15) is 4.88 Å². The zero-order valence-electron chi connectivity index (χ0n) is 10.9. The number of carbonyl (C=O) groups is 1. The highest BCUT2D eigenvalue weighted by Gasteiger charge is 2.35. The van der Waals surface area contributed by atoms with E-state index in [1.165, 1.54) is 16.2 Å². The van der Waals surface area contributed by atoms with Crippen LogP contribution in [0.1, 0.15) is 32.9 Å². The van der Waals surface area contributed by atoms with E-state index in [9.17, 15) is 9.90 Å². The first-order valence-electron chi connectivity index (χ1n) is 5.82. The van der Waals surface area contributed by atoms with Crippen molar-refractivity contribution in [2.75, 3.05) is 0 Å². The van der Waals surface area contributed by atoms with Crippen LogP contribution in [0.15, 0.2) is 0 Å². The Balaban J connectivity index is 2.50. The molecule has 0 aromatic carbocycles. The van der Waals surface area contributed by atoms with Crippen molar-refractivity contribution < 1.29 is 9.90 Å². The molecule has 1 N–H and O–H groups in total. The second kappa shape index (κ2) is 5.00. The van der Waals surface area contributed by atoms with Crippen molar-refractivity contribution in [2.45, 2.75) is 39.2 Å². The molecule has 0 aliphatic heterocycles. The first-order valence-corrected chi connectivity index (χ1v) is 6.59. The Hall–Kier alpha value is -1.90.